The summed E-state index contributed by atoms with van der Waals surface area (Å²) in [4.78, 5) is 40.4. The summed E-state index contributed by atoms with van der Waals surface area (Å²) in [5.41, 5.74) is 2.08. The van der Waals surface area contributed by atoms with Crippen molar-refractivity contribution in [3.05, 3.63) is 65.7 Å². The lowest BCUT2D eigenvalue weighted by atomic mass is 9.84. The molecule has 3 aliphatic rings. The van der Waals surface area contributed by atoms with E-state index in [-0.39, 0.29) is 36.7 Å². The van der Waals surface area contributed by atoms with E-state index in [0.717, 1.165) is 53.2 Å². The molecule has 33 heavy (non-hydrogen) atoms. The molecule has 170 valence electrons. The average molecular weight is 446 g/mol. The van der Waals surface area contributed by atoms with Crippen LogP contribution in [0.25, 0.3) is 0 Å². The summed E-state index contributed by atoms with van der Waals surface area (Å²) in [7, 11) is 1.61. The molecule has 1 saturated carbocycles. The van der Waals surface area contributed by atoms with Crippen LogP contribution in [0.1, 0.15) is 55.7 Å². The number of carbonyl (C=O) groups excluding carboxylic acids is 3. The van der Waals surface area contributed by atoms with Crippen LogP contribution in [-0.2, 0) is 14.4 Å². The number of rotatable bonds is 5. The molecule has 0 unspecified atom stereocenters. The molecule has 2 aliphatic heterocycles. The molecule has 5 rings (SSSR count). The van der Waals surface area contributed by atoms with Crippen molar-refractivity contribution in [1.82, 2.24) is 9.91 Å². The lowest BCUT2D eigenvalue weighted by Gasteiger charge is -2.25. The summed E-state index contributed by atoms with van der Waals surface area (Å²) in [6.45, 7) is -0.266. The number of hydrogen-bond acceptors (Lipinski definition) is 5. The first-order chi connectivity index (χ1) is 16.0. The zero-order chi connectivity index (χ0) is 23.0. The van der Waals surface area contributed by atoms with Gasteiger partial charge >= 0.3 is 0 Å². The Kier molecular flexibility index (Phi) is 5.48. The van der Waals surface area contributed by atoms with Crippen molar-refractivity contribution in [2.45, 2.75) is 44.6 Å². The minimum absolute atomic E-state index is 0.189. The van der Waals surface area contributed by atoms with Gasteiger partial charge in [0.2, 0.25) is 11.8 Å². The van der Waals surface area contributed by atoms with E-state index in [2.05, 4.69) is 5.10 Å². The second-order valence-corrected chi connectivity index (χ2v) is 9.09. The molecule has 0 radical (unpaired) electrons. The van der Waals surface area contributed by atoms with Gasteiger partial charge in [-0.2, -0.15) is 5.10 Å². The van der Waals surface area contributed by atoms with E-state index in [9.17, 15) is 14.4 Å². The van der Waals surface area contributed by atoms with Crippen molar-refractivity contribution in [1.29, 1.82) is 0 Å². The highest BCUT2D eigenvalue weighted by atomic mass is 16.5. The molecule has 7 nitrogen and oxygen atoms in total. The van der Waals surface area contributed by atoms with E-state index in [1.807, 2.05) is 54.6 Å². The Bertz CT molecular complexity index is 1100. The second-order valence-electron chi connectivity index (χ2n) is 9.09. The molecule has 2 heterocycles. The minimum Gasteiger partial charge on any atom is -0.497 e. The Morgan fingerprint density at radius 3 is 2.42 bits per heavy atom. The standard InChI is InChI=1S/C26H27N3O4/c1-33-20-11-9-19(10-12-20)22-15-21(18-7-3-2-4-8-18)27-29(22)24(31)17-28-23(30)16-26(25(28)32)13-5-6-14-26/h2-4,7-12,22H,5-6,13-17H2,1H3/t22-/m1/s1. The van der Waals surface area contributed by atoms with Gasteiger partial charge in [0, 0.05) is 12.8 Å². The smallest absolute Gasteiger partial charge is 0.263 e. The molecule has 1 aliphatic carbocycles. The van der Waals surface area contributed by atoms with Crippen molar-refractivity contribution in [2.75, 3.05) is 13.7 Å². The van der Waals surface area contributed by atoms with Gasteiger partial charge in [-0.25, -0.2) is 5.01 Å². The summed E-state index contributed by atoms with van der Waals surface area (Å²) >= 11 is 0. The number of hydrogen-bond donors (Lipinski definition) is 0. The van der Waals surface area contributed by atoms with Gasteiger partial charge in [-0.3, -0.25) is 19.3 Å². The molecular formula is C26H27N3O4. The number of ether oxygens (including phenoxy) is 1. The zero-order valence-corrected chi connectivity index (χ0v) is 18.7. The van der Waals surface area contributed by atoms with Crippen LogP contribution in [0.5, 0.6) is 5.75 Å². The minimum atomic E-state index is -0.587. The van der Waals surface area contributed by atoms with Crippen LogP contribution in [0.15, 0.2) is 59.7 Å². The van der Waals surface area contributed by atoms with Crippen LogP contribution in [0.3, 0.4) is 0 Å². The SMILES string of the molecule is COc1ccc([C@H]2CC(c3ccccc3)=NN2C(=O)CN2C(=O)CC3(CCCC3)C2=O)cc1. The van der Waals surface area contributed by atoms with Crippen LogP contribution in [0.2, 0.25) is 0 Å². The Hall–Kier alpha value is -3.48. The van der Waals surface area contributed by atoms with Gasteiger partial charge in [-0.1, -0.05) is 55.3 Å². The van der Waals surface area contributed by atoms with Crippen molar-refractivity contribution in [2.24, 2.45) is 10.5 Å². The van der Waals surface area contributed by atoms with E-state index in [1.54, 1.807) is 7.11 Å². The summed E-state index contributed by atoms with van der Waals surface area (Å²) in [5, 5.41) is 6.11. The quantitative estimate of drug-likeness (QED) is 0.658. The largest absolute Gasteiger partial charge is 0.497 e. The fourth-order valence-electron chi connectivity index (χ4n) is 5.30. The highest BCUT2D eigenvalue weighted by molar-refractivity contribution is 6.08. The number of likely N-dealkylation sites (tertiary alicyclic amines) is 1. The molecular weight excluding hydrogens is 418 g/mol. The Morgan fingerprint density at radius 1 is 1.06 bits per heavy atom. The van der Waals surface area contributed by atoms with E-state index in [4.69, 9.17) is 4.74 Å². The molecule has 1 atom stereocenters. The van der Waals surface area contributed by atoms with E-state index < -0.39 is 5.41 Å². The molecule has 2 aromatic rings. The first-order valence-corrected chi connectivity index (χ1v) is 11.4. The van der Waals surface area contributed by atoms with Crippen LogP contribution >= 0.6 is 0 Å². The Labute approximate surface area is 193 Å². The summed E-state index contributed by atoms with van der Waals surface area (Å²) < 4.78 is 5.26. The average Bonchev–Trinajstić information content (AvgIpc) is 3.55. The van der Waals surface area contributed by atoms with Gasteiger partial charge in [-0.05, 0) is 36.1 Å². The normalized spacial score (nSPS) is 21.7. The number of methoxy groups -OCH3 is 1. The molecule has 0 N–H and O–H groups in total. The number of hydrazone groups is 1. The first-order valence-electron chi connectivity index (χ1n) is 11.4. The second kappa shape index (κ2) is 8.46. The van der Waals surface area contributed by atoms with E-state index in [1.165, 1.54) is 5.01 Å². The summed E-state index contributed by atoms with van der Waals surface area (Å²) in [5.74, 6) is -0.0547. The molecule has 0 aromatic heterocycles. The number of benzene rings is 2. The van der Waals surface area contributed by atoms with E-state index in [0.29, 0.717) is 6.42 Å². The lowest BCUT2D eigenvalue weighted by molar-refractivity contribution is -0.148. The highest BCUT2D eigenvalue weighted by Gasteiger charge is 2.53. The Balaban J connectivity index is 1.42. The zero-order valence-electron chi connectivity index (χ0n) is 18.7. The fraction of sp³-hybridized carbons (Fsp3) is 0.385. The van der Waals surface area contributed by atoms with Crippen LogP contribution in [-0.4, -0.2) is 47.0 Å². The van der Waals surface area contributed by atoms with Crippen LogP contribution < -0.4 is 4.74 Å². The van der Waals surface area contributed by atoms with Crippen LogP contribution in [0, 0.1) is 5.41 Å². The topological polar surface area (TPSA) is 79.3 Å². The summed E-state index contributed by atoms with van der Waals surface area (Å²) in [6.07, 6.45) is 4.15. The van der Waals surface area contributed by atoms with Crippen LogP contribution in [0.4, 0.5) is 0 Å². The predicted octanol–water partition coefficient (Wildman–Crippen LogP) is 3.69. The number of imide groups is 1. The predicted molar refractivity (Wildman–Crippen MR) is 122 cm³/mol. The van der Waals surface area contributed by atoms with Gasteiger partial charge in [-0.15, -0.1) is 0 Å². The van der Waals surface area contributed by atoms with Gasteiger partial charge in [0.05, 0.1) is 24.3 Å². The fourth-order valence-corrected chi connectivity index (χ4v) is 5.30. The van der Waals surface area contributed by atoms with Gasteiger partial charge in [0.1, 0.15) is 12.3 Å². The third kappa shape index (κ3) is 3.81. The van der Waals surface area contributed by atoms with E-state index >= 15 is 0 Å². The van der Waals surface area contributed by atoms with Crippen molar-refractivity contribution in [3.63, 3.8) is 0 Å². The molecule has 0 bridgehead atoms. The molecule has 2 aromatic carbocycles. The molecule has 2 fully saturated rings. The number of amides is 3. The molecule has 7 heteroatoms. The third-order valence-electron chi connectivity index (χ3n) is 7.12. The van der Waals surface area contributed by atoms with Gasteiger partial charge in [0.25, 0.3) is 5.91 Å². The maximum Gasteiger partial charge on any atom is 0.263 e. The maximum atomic E-state index is 13.4. The van der Waals surface area contributed by atoms with Gasteiger partial charge in [0.15, 0.2) is 0 Å². The third-order valence-corrected chi connectivity index (χ3v) is 7.12. The lowest BCUT2D eigenvalue weighted by Crippen LogP contribution is -2.42. The summed E-state index contributed by atoms with van der Waals surface area (Å²) in [6, 6.07) is 17.0. The number of carbonyl (C=O) groups is 3. The monoisotopic (exact) mass is 445 g/mol. The molecule has 3 amide bonds. The Morgan fingerprint density at radius 2 is 1.76 bits per heavy atom. The van der Waals surface area contributed by atoms with Crippen molar-refractivity contribution >= 4 is 23.4 Å². The molecule has 1 spiro atoms. The van der Waals surface area contributed by atoms with Gasteiger partial charge < -0.3 is 4.74 Å². The first kappa shape index (κ1) is 21.4. The highest BCUT2D eigenvalue weighted by Crippen LogP contribution is 2.47. The van der Waals surface area contributed by atoms with Crippen molar-refractivity contribution in [3.8, 4) is 5.75 Å². The molecule has 1 saturated heterocycles. The maximum absolute atomic E-state index is 13.4. The number of nitrogens with zero attached hydrogens (tertiary/aromatic N) is 3. The van der Waals surface area contributed by atoms with Crippen molar-refractivity contribution < 1.29 is 19.1 Å².